The third kappa shape index (κ3) is 1.86. The average molecular weight is 203 g/mol. The largest absolute Gasteiger partial charge is 0.478 e. The second-order valence-electron chi connectivity index (χ2n) is 3.65. The van der Waals surface area contributed by atoms with E-state index in [9.17, 15) is 4.79 Å². The molecule has 0 radical (unpaired) electrons. The van der Waals surface area contributed by atoms with Crippen molar-refractivity contribution in [3.8, 4) is 0 Å². The molecule has 0 unspecified atom stereocenters. The molecule has 3 nitrogen and oxygen atoms in total. The van der Waals surface area contributed by atoms with E-state index in [0.717, 1.165) is 18.4 Å². The van der Waals surface area contributed by atoms with Crippen LogP contribution in [0.25, 0.3) is 5.52 Å². The molecule has 15 heavy (non-hydrogen) atoms. The van der Waals surface area contributed by atoms with Crippen LogP contribution in [0, 0.1) is 0 Å². The number of hydrogen-bond acceptors (Lipinski definition) is 1. The minimum absolute atomic E-state index is 0.321. The molecule has 0 saturated heterocycles. The van der Waals surface area contributed by atoms with Gasteiger partial charge in [-0.2, -0.15) is 0 Å². The molecule has 2 rings (SSSR count). The van der Waals surface area contributed by atoms with E-state index < -0.39 is 5.97 Å². The molecule has 0 aliphatic heterocycles. The van der Waals surface area contributed by atoms with Gasteiger partial charge in [0.25, 0.3) is 0 Å². The molecule has 0 bridgehead atoms. The fourth-order valence-electron chi connectivity index (χ4n) is 1.72. The highest BCUT2D eigenvalue weighted by atomic mass is 16.4. The Morgan fingerprint density at radius 3 is 2.87 bits per heavy atom. The van der Waals surface area contributed by atoms with Crippen molar-refractivity contribution in [3.05, 3.63) is 41.7 Å². The molecule has 0 atom stereocenters. The van der Waals surface area contributed by atoms with E-state index in [1.165, 1.54) is 5.56 Å². The van der Waals surface area contributed by atoms with E-state index in [1.54, 1.807) is 12.3 Å². The van der Waals surface area contributed by atoms with Crippen LogP contribution in [-0.4, -0.2) is 15.5 Å². The molecule has 78 valence electrons. The lowest BCUT2D eigenvalue weighted by Crippen LogP contribution is -1.97. The van der Waals surface area contributed by atoms with E-state index >= 15 is 0 Å². The van der Waals surface area contributed by atoms with Crippen LogP contribution in [0.2, 0.25) is 0 Å². The van der Waals surface area contributed by atoms with Crippen LogP contribution < -0.4 is 0 Å². The maximum atomic E-state index is 10.8. The van der Waals surface area contributed by atoms with E-state index in [1.807, 2.05) is 16.7 Å². The summed E-state index contributed by atoms with van der Waals surface area (Å²) < 4.78 is 1.87. The van der Waals surface area contributed by atoms with Crippen molar-refractivity contribution in [2.24, 2.45) is 0 Å². The molecule has 0 saturated carbocycles. The van der Waals surface area contributed by atoms with Gasteiger partial charge in [-0.3, -0.25) is 0 Å². The Morgan fingerprint density at radius 2 is 2.20 bits per heavy atom. The van der Waals surface area contributed by atoms with Gasteiger partial charge in [0.1, 0.15) is 0 Å². The number of aromatic carboxylic acids is 1. The normalized spacial score (nSPS) is 10.7. The zero-order chi connectivity index (χ0) is 10.8. The Bertz CT molecular complexity index is 499. The van der Waals surface area contributed by atoms with Crippen molar-refractivity contribution in [3.63, 3.8) is 0 Å². The summed E-state index contributed by atoms with van der Waals surface area (Å²) in [5, 5.41) is 8.84. The lowest BCUT2D eigenvalue weighted by Gasteiger charge is -1.96. The highest BCUT2D eigenvalue weighted by molar-refractivity contribution is 5.87. The number of carboxylic acid groups (broad SMARTS) is 1. The first kappa shape index (κ1) is 9.77. The first-order valence-corrected chi connectivity index (χ1v) is 5.04. The first-order chi connectivity index (χ1) is 7.20. The minimum Gasteiger partial charge on any atom is -0.478 e. The summed E-state index contributed by atoms with van der Waals surface area (Å²) in [7, 11) is 0. The molecule has 2 heterocycles. The van der Waals surface area contributed by atoms with Gasteiger partial charge in [0.15, 0.2) is 0 Å². The van der Waals surface area contributed by atoms with Crippen molar-refractivity contribution in [1.29, 1.82) is 0 Å². The van der Waals surface area contributed by atoms with Crippen molar-refractivity contribution in [1.82, 2.24) is 4.40 Å². The summed E-state index contributed by atoms with van der Waals surface area (Å²) >= 11 is 0. The van der Waals surface area contributed by atoms with Crippen molar-refractivity contribution in [2.75, 3.05) is 0 Å². The third-order valence-electron chi connectivity index (χ3n) is 2.43. The molecular weight excluding hydrogens is 190 g/mol. The Morgan fingerprint density at radius 1 is 1.40 bits per heavy atom. The maximum Gasteiger partial charge on any atom is 0.337 e. The summed E-state index contributed by atoms with van der Waals surface area (Å²) in [5.41, 5.74) is 2.62. The van der Waals surface area contributed by atoms with Gasteiger partial charge in [0, 0.05) is 17.9 Å². The fraction of sp³-hybridized carbons (Fsp3) is 0.250. The van der Waals surface area contributed by atoms with Gasteiger partial charge < -0.3 is 9.51 Å². The Kier molecular flexibility index (Phi) is 2.46. The average Bonchev–Trinajstić information content (AvgIpc) is 2.59. The van der Waals surface area contributed by atoms with Gasteiger partial charge in [-0.05, 0) is 30.2 Å². The quantitative estimate of drug-likeness (QED) is 0.833. The molecule has 1 N–H and O–H groups in total. The van der Waals surface area contributed by atoms with Gasteiger partial charge in [0.05, 0.1) is 5.56 Å². The van der Waals surface area contributed by atoms with Crippen LogP contribution >= 0.6 is 0 Å². The number of nitrogens with zero attached hydrogens (tertiary/aromatic N) is 1. The van der Waals surface area contributed by atoms with Crippen LogP contribution in [0.15, 0.2) is 30.6 Å². The standard InChI is InChI=1S/C12H13NO2/c1-2-3-9-6-11-5-4-10(12(14)15)8-13(11)7-9/h4-8H,2-3H2,1H3,(H,14,15). The van der Waals surface area contributed by atoms with Crippen LogP contribution in [0.3, 0.4) is 0 Å². The van der Waals surface area contributed by atoms with Crippen LogP contribution in [0.1, 0.15) is 29.3 Å². The predicted molar refractivity (Wildman–Crippen MR) is 58.4 cm³/mol. The van der Waals surface area contributed by atoms with Crippen LogP contribution in [0.5, 0.6) is 0 Å². The molecule has 0 spiro atoms. The third-order valence-corrected chi connectivity index (χ3v) is 2.43. The summed E-state index contributed by atoms with van der Waals surface area (Å²) in [6.07, 6.45) is 5.77. The Balaban J connectivity index is 2.47. The zero-order valence-electron chi connectivity index (χ0n) is 8.60. The lowest BCUT2D eigenvalue weighted by atomic mass is 10.2. The number of fused-ring (bicyclic) bond motifs is 1. The van der Waals surface area contributed by atoms with Crippen molar-refractivity contribution >= 4 is 11.5 Å². The molecular formula is C12H13NO2. The van der Waals surface area contributed by atoms with Gasteiger partial charge in [-0.25, -0.2) is 4.79 Å². The summed E-state index contributed by atoms with van der Waals surface area (Å²) in [4.78, 5) is 10.8. The van der Waals surface area contributed by atoms with Crippen molar-refractivity contribution < 1.29 is 9.90 Å². The molecule has 0 aliphatic carbocycles. The van der Waals surface area contributed by atoms with Gasteiger partial charge >= 0.3 is 5.97 Å². The number of aryl methyl sites for hydroxylation is 1. The molecule has 0 aromatic carbocycles. The maximum absolute atomic E-state index is 10.8. The molecule has 3 heteroatoms. The summed E-state index contributed by atoms with van der Waals surface area (Å²) in [5.74, 6) is -0.886. The summed E-state index contributed by atoms with van der Waals surface area (Å²) in [6.45, 7) is 2.13. The summed E-state index contributed by atoms with van der Waals surface area (Å²) in [6, 6.07) is 5.56. The number of pyridine rings is 1. The second-order valence-corrected chi connectivity index (χ2v) is 3.65. The second kappa shape index (κ2) is 3.77. The molecule has 0 aliphatic rings. The van der Waals surface area contributed by atoms with Gasteiger partial charge in [-0.1, -0.05) is 13.3 Å². The van der Waals surface area contributed by atoms with Gasteiger partial charge in [0.2, 0.25) is 0 Å². The SMILES string of the molecule is CCCc1cc2ccc(C(=O)O)cn2c1. The highest BCUT2D eigenvalue weighted by Crippen LogP contribution is 2.13. The predicted octanol–water partition coefficient (Wildman–Crippen LogP) is 2.59. The highest BCUT2D eigenvalue weighted by Gasteiger charge is 2.04. The smallest absolute Gasteiger partial charge is 0.337 e. The zero-order valence-corrected chi connectivity index (χ0v) is 8.60. The monoisotopic (exact) mass is 203 g/mol. The van der Waals surface area contributed by atoms with Crippen LogP contribution in [-0.2, 0) is 6.42 Å². The molecule has 2 aromatic rings. The Labute approximate surface area is 88.0 Å². The first-order valence-electron chi connectivity index (χ1n) is 5.04. The molecule has 2 aromatic heterocycles. The minimum atomic E-state index is -0.886. The van der Waals surface area contributed by atoms with Gasteiger partial charge in [-0.15, -0.1) is 0 Å². The number of carboxylic acids is 1. The van der Waals surface area contributed by atoms with Crippen LogP contribution in [0.4, 0.5) is 0 Å². The molecule has 0 amide bonds. The molecule has 0 fully saturated rings. The number of aromatic nitrogens is 1. The Hall–Kier alpha value is -1.77. The van der Waals surface area contributed by atoms with E-state index in [2.05, 4.69) is 13.0 Å². The van der Waals surface area contributed by atoms with E-state index in [-0.39, 0.29) is 0 Å². The number of carbonyl (C=O) groups is 1. The number of hydrogen-bond donors (Lipinski definition) is 1. The fourth-order valence-corrected chi connectivity index (χ4v) is 1.72. The topological polar surface area (TPSA) is 41.7 Å². The lowest BCUT2D eigenvalue weighted by molar-refractivity contribution is 0.0696. The van der Waals surface area contributed by atoms with E-state index in [0.29, 0.717) is 5.56 Å². The van der Waals surface area contributed by atoms with Crippen molar-refractivity contribution in [2.45, 2.75) is 19.8 Å². The number of rotatable bonds is 3. The van der Waals surface area contributed by atoms with E-state index in [4.69, 9.17) is 5.11 Å².